The first kappa shape index (κ1) is 9.72. The second kappa shape index (κ2) is 4.61. The minimum absolute atomic E-state index is 0.790. The van der Waals surface area contributed by atoms with E-state index >= 15 is 0 Å². The maximum atomic E-state index is 10.6. The van der Waals surface area contributed by atoms with E-state index < -0.39 is 0 Å². The molecule has 0 atom stereocenters. The molecule has 0 unspecified atom stereocenters. The number of aryl methyl sites for hydroxylation is 1. The zero-order valence-electron chi connectivity index (χ0n) is 8.08. The zero-order valence-corrected chi connectivity index (χ0v) is 8.08. The summed E-state index contributed by atoms with van der Waals surface area (Å²) in [4.78, 5) is 10.6. The number of hydrogen-bond acceptors (Lipinski definition) is 1. The van der Waals surface area contributed by atoms with Crippen LogP contribution >= 0.6 is 0 Å². The second-order valence-electron chi connectivity index (χ2n) is 3.05. The molecule has 1 aromatic carbocycles. The lowest BCUT2D eigenvalue weighted by atomic mass is 10.1. The van der Waals surface area contributed by atoms with Gasteiger partial charge in [-0.25, -0.2) is 0 Å². The van der Waals surface area contributed by atoms with Gasteiger partial charge < -0.3 is 0 Å². The Bertz CT molecular complexity index is 324. The molecule has 0 amide bonds. The molecule has 0 aromatic heterocycles. The van der Waals surface area contributed by atoms with Crippen molar-refractivity contribution in [3.05, 3.63) is 41.0 Å². The molecule has 0 bridgehead atoms. The molecule has 0 heterocycles. The molecule has 0 aliphatic heterocycles. The molecule has 1 rings (SSSR count). The standard InChI is InChI=1S/C12H14O/c1-3-11(9-13)8-12-7-5-4-6-10(12)2/h4-9H,3H2,1-2H3/b11-8+. The topological polar surface area (TPSA) is 17.1 Å². The second-order valence-corrected chi connectivity index (χ2v) is 3.05. The molecule has 13 heavy (non-hydrogen) atoms. The number of benzene rings is 1. The Labute approximate surface area is 79.1 Å². The van der Waals surface area contributed by atoms with E-state index in [0.717, 1.165) is 23.8 Å². The summed E-state index contributed by atoms with van der Waals surface area (Å²) in [5, 5.41) is 0. The Morgan fingerprint density at radius 3 is 2.62 bits per heavy atom. The van der Waals surface area contributed by atoms with E-state index in [9.17, 15) is 4.79 Å². The van der Waals surface area contributed by atoms with Gasteiger partial charge in [0, 0.05) is 0 Å². The van der Waals surface area contributed by atoms with Gasteiger partial charge in [0.25, 0.3) is 0 Å². The molecule has 0 aliphatic rings. The predicted octanol–water partition coefficient (Wildman–Crippen LogP) is 2.99. The Hall–Kier alpha value is -1.37. The Morgan fingerprint density at radius 2 is 2.08 bits per heavy atom. The lowest BCUT2D eigenvalue weighted by Crippen LogP contribution is -1.84. The van der Waals surface area contributed by atoms with Gasteiger partial charge in [-0.15, -0.1) is 0 Å². The van der Waals surface area contributed by atoms with Crippen LogP contribution in [0.5, 0.6) is 0 Å². The van der Waals surface area contributed by atoms with Crippen molar-refractivity contribution in [3.8, 4) is 0 Å². The van der Waals surface area contributed by atoms with Gasteiger partial charge in [-0.2, -0.15) is 0 Å². The first-order valence-electron chi connectivity index (χ1n) is 4.49. The number of rotatable bonds is 3. The highest BCUT2D eigenvalue weighted by Crippen LogP contribution is 2.12. The van der Waals surface area contributed by atoms with Crippen LogP contribution in [0.25, 0.3) is 6.08 Å². The molecule has 0 fully saturated rings. The maximum absolute atomic E-state index is 10.6. The smallest absolute Gasteiger partial charge is 0.146 e. The quantitative estimate of drug-likeness (QED) is 0.508. The average Bonchev–Trinajstić information content (AvgIpc) is 2.17. The van der Waals surface area contributed by atoms with Gasteiger partial charge in [0.05, 0.1) is 0 Å². The van der Waals surface area contributed by atoms with Gasteiger partial charge in [-0.3, -0.25) is 4.79 Å². The van der Waals surface area contributed by atoms with E-state index in [4.69, 9.17) is 0 Å². The van der Waals surface area contributed by atoms with Crippen molar-refractivity contribution in [2.24, 2.45) is 0 Å². The summed E-state index contributed by atoms with van der Waals surface area (Å²) in [5.74, 6) is 0. The third-order valence-electron chi connectivity index (χ3n) is 2.09. The molecule has 0 aliphatic carbocycles. The molecule has 0 radical (unpaired) electrons. The van der Waals surface area contributed by atoms with Crippen molar-refractivity contribution in [1.29, 1.82) is 0 Å². The summed E-state index contributed by atoms with van der Waals surface area (Å²) >= 11 is 0. The van der Waals surface area contributed by atoms with Crippen molar-refractivity contribution in [1.82, 2.24) is 0 Å². The number of carbonyl (C=O) groups is 1. The first-order chi connectivity index (χ1) is 6.27. The monoisotopic (exact) mass is 174 g/mol. The fourth-order valence-corrected chi connectivity index (χ4v) is 1.17. The molecule has 0 spiro atoms. The van der Waals surface area contributed by atoms with Crippen LogP contribution in [0.2, 0.25) is 0 Å². The fraction of sp³-hybridized carbons (Fsp3) is 0.250. The SMILES string of the molecule is CC/C(C=O)=C\c1ccccc1C. The summed E-state index contributed by atoms with van der Waals surface area (Å²) in [5.41, 5.74) is 3.18. The van der Waals surface area contributed by atoms with E-state index in [1.165, 1.54) is 5.56 Å². The largest absolute Gasteiger partial charge is 0.298 e. The van der Waals surface area contributed by atoms with E-state index in [0.29, 0.717) is 0 Å². The van der Waals surface area contributed by atoms with E-state index in [2.05, 4.69) is 0 Å². The number of allylic oxidation sites excluding steroid dienone is 1. The van der Waals surface area contributed by atoms with Crippen LogP contribution in [0.3, 0.4) is 0 Å². The summed E-state index contributed by atoms with van der Waals surface area (Å²) in [6.07, 6.45) is 3.66. The normalized spacial score (nSPS) is 11.4. The average molecular weight is 174 g/mol. The van der Waals surface area contributed by atoms with E-state index in [-0.39, 0.29) is 0 Å². The summed E-state index contributed by atoms with van der Waals surface area (Å²) in [6.45, 7) is 4.03. The molecule has 68 valence electrons. The lowest BCUT2D eigenvalue weighted by Gasteiger charge is -2.00. The van der Waals surface area contributed by atoms with Crippen LogP contribution in [0, 0.1) is 6.92 Å². The molecule has 0 saturated heterocycles. The highest BCUT2D eigenvalue weighted by Gasteiger charge is 1.95. The Balaban J connectivity index is 3.02. The molecular weight excluding hydrogens is 160 g/mol. The molecule has 0 saturated carbocycles. The van der Waals surface area contributed by atoms with Crippen LogP contribution in [-0.2, 0) is 4.79 Å². The van der Waals surface area contributed by atoms with Crippen LogP contribution in [-0.4, -0.2) is 6.29 Å². The third-order valence-corrected chi connectivity index (χ3v) is 2.09. The molecule has 1 heteroatoms. The van der Waals surface area contributed by atoms with Crippen molar-refractivity contribution in [3.63, 3.8) is 0 Å². The van der Waals surface area contributed by atoms with Gasteiger partial charge in [0.1, 0.15) is 6.29 Å². The van der Waals surface area contributed by atoms with Crippen molar-refractivity contribution < 1.29 is 4.79 Å². The molecule has 1 aromatic rings. The fourth-order valence-electron chi connectivity index (χ4n) is 1.17. The first-order valence-corrected chi connectivity index (χ1v) is 4.49. The van der Waals surface area contributed by atoms with Gasteiger partial charge in [0.2, 0.25) is 0 Å². The Morgan fingerprint density at radius 1 is 1.38 bits per heavy atom. The molecule has 0 N–H and O–H groups in total. The lowest BCUT2D eigenvalue weighted by molar-refractivity contribution is -0.104. The van der Waals surface area contributed by atoms with Crippen molar-refractivity contribution in [2.75, 3.05) is 0 Å². The highest BCUT2D eigenvalue weighted by molar-refractivity contribution is 5.81. The molecule has 1 nitrogen and oxygen atoms in total. The maximum Gasteiger partial charge on any atom is 0.146 e. The highest BCUT2D eigenvalue weighted by atomic mass is 16.1. The number of hydrogen-bond donors (Lipinski definition) is 0. The van der Waals surface area contributed by atoms with Gasteiger partial charge in [-0.05, 0) is 36.1 Å². The van der Waals surface area contributed by atoms with Gasteiger partial charge in [-0.1, -0.05) is 31.2 Å². The predicted molar refractivity (Wildman–Crippen MR) is 55.5 cm³/mol. The van der Waals surface area contributed by atoms with Gasteiger partial charge >= 0.3 is 0 Å². The van der Waals surface area contributed by atoms with Crippen molar-refractivity contribution in [2.45, 2.75) is 20.3 Å². The Kier molecular flexibility index (Phi) is 3.44. The third kappa shape index (κ3) is 2.55. The zero-order chi connectivity index (χ0) is 9.68. The summed E-state index contributed by atoms with van der Waals surface area (Å²) in [6, 6.07) is 8.05. The van der Waals surface area contributed by atoms with E-state index in [1.807, 2.05) is 44.2 Å². The summed E-state index contributed by atoms with van der Waals surface area (Å²) < 4.78 is 0. The van der Waals surface area contributed by atoms with Crippen LogP contribution in [0.4, 0.5) is 0 Å². The molecular formula is C12H14O. The van der Waals surface area contributed by atoms with Crippen LogP contribution < -0.4 is 0 Å². The van der Waals surface area contributed by atoms with Crippen LogP contribution in [0.1, 0.15) is 24.5 Å². The van der Waals surface area contributed by atoms with E-state index in [1.54, 1.807) is 0 Å². The van der Waals surface area contributed by atoms with Crippen molar-refractivity contribution >= 4 is 12.4 Å². The van der Waals surface area contributed by atoms with Gasteiger partial charge in [0.15, 0.2) is 0 Å². The van der Waals surface area contributed by atoms with Crippen LogP contribution in [0.15, 0.2) is 29.8 Å². The summed E-state index contributed by atoms with van der Waals surface area (Å²) in [7, 11) is 0. The minimum Gasteiger partial charge on any atom is -0.298 e. The minimum atomic E-state index is 0.790. The number of carbonyl (C=O) groups excluding carboxylic acids is 1. The number of aldehydes is 1.